The summed E-state index contributed by atoms with van der Waals surface area (Å²) in [5.74, 6) is 1.16. The van der Waals surface area contributed by atoms with Gasteiger partial charge in [-0.15, -0.1) is 0 Å². The molecule has 0 radical (unpaired) electrons. The van der Waals surface area contributed by atoms with Crippen molar-refractivity contribution in [2.75, 3.05) is 19.6 Å². The van der Waals surface area contributed by atoms with E-state index in [4.69, 9.17) is 0 Å². The molecule has 3 rings (SSSR count). The lowest BCUT2D eigenvalue weighted by molar-refractivity contribution is -0.138. The molecule has 140 valence electrons. The van der Waals surface area contributed by atoms with Crippen molar-refractivity contribution in [3.05, 3.63) is 23.3 Å². The molecular formula is C22H36N2O. The molecule has 3 heteroatoms. The van der Waals surface area contributed by atoms with E-state index in [-0.39, 0.29) is 0 Å². The van der Waals surface area contributed by atoms with Crippen LogP contribution in [-0.2, 0) is 4.79 Å². The number of likely N-dealkylation sites (tertiary alicyclic amines) is 1. The molecular weight excluding hydrogens is 308 g/mol. The van der Waals surface area contributed by atoms with Crippen LogP contribution in [0.4, 0.5) is 0 Å². The van der Waals surface area contributed by atoms with Gasteiger partial charge in [-0.2, -0.15) is 0 Å². The molecule has 3 nitrogen and oxygen atoms in total. The van der Waals surface area contributed by atoms with Crippen molar-refractivity contribution in [1.82, 2.24) is 9.80 Å². The fraction of sp³-hybridized carbons (Fsp3) is 0.773. The number of fused-ring (bicyclic) bond motifs is 1. The quantitative estimate of drug-likeness (QED) is 0.660. The van der Waals surface area contributed by atoms with Crippen molar-refractivity contribution >= 4 is 5.91 Å². The number of nitrogens with zero attached hydrogens (tertiary/aromatic N) is 2. The summed E-state index contributed by atoms with van der Waals surface area (Å²) in [6, 6.07) is 1.16. The number of amides is 1. The first-order chi connectivity index (χ1) is 12.1. The summed E-state index contributed by atoms with van der Waals surface area (Å²) in [5.41, 5.74) is 2.73. The van der Waals surface area contributed by atoms with Gasteiger partial charge in [0.25, 0.3) is 0 Å². The molecule has 0 bridgehead atoms. The highest BCUT2D eigenvalue weighted by molar-refractivity contribution is 5.79. The number of carbonyl (C=O) groups is 1. The Kier molecular flexibility index (Phi) is 6.38. The van der Waals surface area contributed by atoms with Gasteiger partial charge in [0.1, 0.15) is 0 Å². The first-order valence-electron chi connectivity index (χ1n) is 10.4. The molecule has 2 unspecified atom stereocenters. The third-order valence-corrected chi connectivity index (χ3v) is 6.35. The standard InChI is InChI=1S/C22H36N2O/c1-4-8-19(17(2)3)15-23(20-12-13-20)16-22(25)24-14-7-10-18-9-5-6-11-21(18)24/h4,8,18,20-21H,5-7,9-16H2,1-3H3/b8-4-. The van der Waals surface area contributed by atoms with E-state index in [2.05, 4.69) is 42.7 Å². The molecule has 25 heavy (non-hydrogen) atoms. The molecule has 0 aromatic carbocycles. The van der Waals surface area contributed by atoms with E-state index in [1.165, 1.54) is 62.5 Å². The normalized spacial score (nSPS) is 26.8. The van der Waals surface area contributed by atoms with Gasteiger partial charge in [-0.25, -0.2) is 0 Å². The van der Waals surface area contributed by atoms with Gasteiger partial charge in [0.05, 0.1) is 6.54 Å². The van der Waals surface area contributed by atoms with E-state index in [1.54, 1.807) is 0 Å². The number of hydrogen-bond donors (Lipinski definition) is 0. The van der Waals surface area contributed by atoms with E-state index in [0.29, 0.717) is 24.5 Å². The topological polar surface area (TPSA) is 23.6 Å². The maximum atomic E-state index is 13.2. The Morgan fingerprint density at radius 1 is 1.04 bits per heavy atom. The molecule has 3 aliphatic rings. The first kappa shape index (κ1) is 18.7. The predicted molar refractivity (Wildman–Crippen MR) is 104 cm³/mol. The van der Waals surface area contributed by atoms with Gasteiger partial charge in [0.15, 0.2) is 0 Å². The molecule has 2 atom stereocenters. The smallest absolute Gasteiger partial charge is 0.237 e. The van der Waals surface area contributed by atoms with Gasteiger partial charge in [0, 0.05) is 25.2 Å². The number of allylic oxidation sites excluding steroid dienone is 2. The minimum Gasteiger partial charge on any atom is -0.338 e. The van der Waals surface area contributed by atoms with E-state index >= 15 is 0 Å². The van der Waals surface area contributed by atoms with Crippen LogP contribution >= 0.6 is 0 Å². The van der Waals surface area contributed by atoms with Gasteiger partial charge < -0.3 is 4.90 Å². The first-order valence-corrected chi connectivity index (χ1v) is 10.4. The van der Waals surface area contributed by atoms with Crippen LogP contribution in [0.2, 0.25) is 0 Å². The zero-order chi connectivity index (χ0) is 17.8. The lowest BCUT2D eigenvalue weighted by Gasteiger charge is -2.44. The molecule has 2 saturated carbocycles. The molecule has 0 N–H and O–H groups in total. The Morgan fingerprint density at radius 3 is 2.44 bits per heavy atom. The molecule has 1 saturated heterocycles. The van der Waals surface area contributed by atoms with E-state index in [1.807, 2.05) is 0 Å². The molecule has 1 heterocycles. The van der Waals surface area contributed by atoms with Crippen LogP contribution < -0.4 is 0 Å². The van der Waals surface area contributed by atoms with Gasteiger partial charge in [-0.3, -0.25) is 9.69 Å². The summed E-state index contributed by atoms with van der Waals surface area (Å²) in [5, 5.41) is 0. The minimum absolute atomic E-state index is 0.386. The summed E-state index contributed by atoms with van der Waals surface area (Å²) in [4.78, 5) is 17.9. The zero-order valence-electron chi connectivity index (χ0n) is 16.5. The van der Waals surface area contributed by atoms with Crippen molar-refractivity contribution in [2.45, 2.75) is 84.2 Å². The molecule has 1 aliphatic heterocycles. The fourth-order valence-electron chi connectivity index (χ4n) is 4.75. The Hall–Kier alpha value is -1.09. The van der Waals surface area contributed by atoms with Gasteiger partial charge >= 0.3 is 0 Å². The number of carbonyl (C=O) groups excluding carboxylic acids is 1. The van der Waals surface area contributed by atoms with Crippen molar-refractivity contribution < 1.29 is 4.79 Å². The average Bonchev–Trinajstić information content (AvgIpc) is 3.45. The second-order valence-corrected chi connectivity index (χ2v) is 8.50. The van der Waals surface area contributed by atoms with E-state index < -0.39 is 0 Å². The largest absolute Gasteiger partial charge is 0.338 e. The van der Waals surface area contributed by atoms with Crippen molar-refractivity contribution in [3.8, 4) is 0 Å². The van der Waals surface area contributed by atoms with Gasteiger partial charge in [-0.1, -0.05) is 30.6 Å². The highest BCUT2D eigenvalue weighted by Gasteiger charge is 2.37. The van der Waals surface area contributed by atoms with E-state index in [0.717, 1.165) is 19.0 Å². The molecule has 0 aromatic heterocycles. The summed E-state index contributed by atoms with van der Waals surface area (Å²) in [6.07, 6.45) is 14.6. The number of hydrogen-bond acceptors (Lipinski definition) is 2. The van der Waals surface area contributed by atoms with Gasteiger partial charge in [0.2, 0.25) is 5.91 Å². The number of piperidine rings is 1. The van der Waals surface area contributed by atoms with Crippen molar-refractivity contribution in [1.29, 1.82) is 0 Å². The van der Waals surface area contributed by atoms with Crippen molar-refractivity contribution in [2.24, 2.45) is 5.92 Å². The Bertz CT molecular complexity index is 526. The van der Waals surface area contributed by atoms with Crippen LogP contribution in [0.1, 0.15) is 72.1 Å². The summed E-state index contributed by atoms with van der Waals surface area (Å²) < 4.78 is 0. The zero-order valence-corrected chi connectivity index (χ0v) is 16.5. The fourth-order valence-corrected chi connectivity index (χ4v) is 4.75. The minimum atomic E-state index is 0.386. The Labute approximate surface area is 154 Å². The van der Waals surface area contributed by atoms with Crippen LogP contribution in [0.5, 0.6) is 0 Å². The maximum Gasteiger partial charge on any atom is 0.237 e. The van der Waals surface area contributed by atoms with Crippen LogP contribution in [-0.4, -0.2) is 47.4 Å². The third kappa shape index (κ3) is 4.75. The molecule has 0 aromatic rings. The molecule has 1 amide bonds. The van der Waals surface area contributed by atoms with Crippen molar-refractivity contribution in [3.63, 3.8) is 0 Å². The number of rotatable bonds is 6. The molecule has 2 aliphatic carbocycles. The monoisotopic (exact) mass is 344 g/mol. The van der Waals surface area contributed by atoms with Crippen LogP contribution in [0.3, 0.4) is 0 Å². The SMILES string of the molecule is C/C=C\C(CN(CC(=O)N1CCCC2CCCCC21)C1CC1)=C(C)C. The summed E-state index contributed by atoms with van der Waals surface area (Å²) in [6.45, 7) is 8.96. The molecule has 0 spiro atoms. The maximum absolute atomic E-state index is 13.2. The summed E-state index contributed by atoms with van der Waals surface area (Å²) >= 11 is 0. The van der Waals surface area contributed by atoms with Crippen LogP contribution in [0, 0.1) is 5.92 Å². The average molecular weight is 345 g/mol. The van der Waals surface area contributed by atoms with E-state index in [9.17, 15) is 4.79 Å². The lowest BCUT2D eigenvalue weighted by atomic mass is 9.78. The van der Waals surface area contributed by atoms with Crippen LogP contribution in [0.25, 0.3) is 0 Å². The third-order valence-electron chi connectivity index (χ3n) is 6.35. The Morgan fingerprint density at radius 2 is 1.76 bits per heavy atom. The lowest BCUT2D eigenvalue weighted by Crippen LogP contribution is -2.52. The predicted octanol–water partition coefficient (Wildman–Crippen LogP) is 4.54. The highest BCUT2D eigenvalue weighted by atomic mass is 16.2. The second-order valence-electron chi connectivity index (χ2n) is 8.50. The Balaban J connectivity index is 1.65. The second kappa shape index (κ2) is 8.53. The summed E-state index contributed by atoms with van der Waals surface area (Å²) in [7, 11) is 0. The molecule has 3 fully saturated rings. The highest BCUT2D eigenvalue weighted by Crippen LogP contribution is 2.36. The van der Waals surface area contributed by atoms with Crippen LogP contribution in [0.15, 0.2) is 23.3 Å². The van der Waals surface area contributed by atoms with Gasteiger partial charge in [-0.05, 0) is 70.8 Å².